The highest BCUT2D eigenvalue weighted by Crippen LogP contribution is 2.16. The summed E-state index contributed by atoms with van der Waals surface area (Å²) in [6.07, 6.45) is 5.14. The quantitative estimate of drug-likeness (QED) is 0.546. The van der Waals surface area contributed by atoms with E-state index in [1.54, 1.807) is 0 Å². The van der Waals surface area contributed by atoms with Crippen LogP contribution in [-0.2, 0) is 9.59 Å². The highest BCUT2D eigenvalue weighted by molar-refractivity contribution is 6.41. The summed E-state index contributed by atoms with van der Waals surface area (Å²) in [5.74, 6) is 1.33. The Morgan fingerprint density at radius 1 is 1.12 bits per heavy atom. The van der Waals surface area contributed by atoms with Gasteiger partial charge in [-0.2, -0.15) is 0 Å². The molecule has 1 fully saturated rings. The molecule has 0 unspecified atom stereocenters. The molecule has 1 aliphatic heterocycles. The second kappa shape index (κ2) is 4.71. The maximum absolute atomic E-state index is 11.9. The number of hydrogen-bond acceptors (Lipinski definition) is 2. The molecule has 4 nitrogen and oxygen atoms in total. The van der Waals surface area contributed by atoms with Gasteiger partial charge in [0.05, 0.1) is 6.54 Å². The van der Waals surface area contributed by atoms with E-state index in [-0.39, 0.29) is 6.54 Å². The van der Waals surface area contributed by atoms with Crippen molar-refractivity contribution in [2.75, 3.05) is 24.5 Å². The van der Waals surface area contributed by atoms with Crippen molar-refractivity contribution in [1.82, 2.24) is 4.90 Å². The zero-order valence-corrected chi connectivity index (χ0v) is 9.30. The summed E-state index contributed by atoms with van der Waals surface area (Å²) in [5, 5.41) is 0. The molecule has 0 bridgehead atoms. The number of hydrogen-bond donors (Lipinski definition) is 0. The number of piperazine rings is 1. The van der Waals surface area contributed by atoms with Gasteiger partial charge >= 0.3 is 11.8 Å². The summed E-state index contributed by atoms with van der Waals surface area (Å²) in [6, 6.07) is 9.15. The Morgan fingerprint density at radius 3 is 2.47 bits per heavy atom. The monoisotopic (exact) mass is 228 g/mol. The zero-order valence-electron chi connectivity index (χ0n) is 9.30. The fraction of sp³-hybridized carbons (Fsp3) is 0.231. The van der Waals surface area contributed by atoms with Crippen molar-refractivity contribution in [3.05, 3.63) is 30.3 Å². The van der Waals surface area contributed by atoms with Crippen LogP contribution in [0.3, 0.4) is 0 Å². The predicted molar refractivity (Wildman–Crippen MR) is 64.2 cm³/mol. The van der Waals surface area contributed by atoms with Crippen LogP contribution < -0.4 is 4.90 Å². The average Bonchev–Trinajstić information content (AvgIpc) is 2.36. The molecule has 1 aromatic carbocycles. The SMILES string of the molecule is C#CCN1CCN(c2ccccc2)C(=O)C1=O. The number of para-hydroxylation sites is 1. The van der Waals surface area contributed by atoms with Crippen LogP contribution >= 0.6 is 0 Å². The van der Waals surface area contributed by atoms with E-state index in [0.29, 0.717) is 13.1 Å². The van der Waals surface area contributed by atoms with Gasteiger partial charge in [-0.15, -0.1) is 6.42 Å². The Hall–Kier alpha value is -2.28. The van der Waals surface area contributed by atoms with Crippen molar-refractivity contribution in [2.24, 2.45) is 0 Å². The van der Waals surface area contributed by atoms with Gasteiger partial charge in [0, 0.05) is 18.8 Å². The maximum Gasteiger partial charge on any atom is 0.316 e. The van der Waals surface area contributed by atoms with E-state index in [1.165, 1.54) is 9.80 Å². The number of terminal acetylenes is 1. The van der Waals surface area contributed by atoms with E-state index in [1.807, 2.05) is 30.3 Å². The van der Waals surface area contributed by atoms with Crippen LogP contribution in [0, 0.1) is 12.3 Å². The Balaban J connectivity index is 2.18. The number of anilines is 1. The number of rotatable bonds is 2. The molecule has 17 heavy (non-hydrogen) atoms. The van der Waals surface area contributed by atoms with Crippen LogP contribution in [-0.4, -0.2) is 36.3 Å². The van der Waals surface area contributed by atoms with Gasteiger partial charge < -0.3 is 9.80 Å². The lowest BCUT2D eigenvalue weighted by atomic mass is 10.2. The van der Waals surface area contributed by atoms with E-state index in [9.17, 15) is 9.59 Å². The summed E-state index contributed by atoms with van der Waals surface area (Å²) >= 11 is 0. The van der Waals surface area contributed by atoms with Crippen molar-refractivity contribution in [3.63, 3.8) is 0 Å². The second-order valence-corrected chi connectivity index (χ2v) is 3.72. The third-order valence-corrected chi connectivity index (χ3v) is 2.66. The summed E-state index contributed by atoms with van der Waals surface area (Å²) in [7, 11) is 0. The summed E-state index contributed by atoms with van der Waals surface area (Å²) in [6.45, 7) is 1.15. The van der Waals surface area contributed by atoms with E-state index >= 15 is 0 Å². The lowest BCUT2D eigenvalue weighted by Crippen LogP contribution is -2.54. The first-order chi connectivity index (χ1) is 8.24. The highest BCUT2D eigenvalue weighted by atomic mass is 16.2. The molecule has 1 heterocycles. The van der Waals surface area contributed by atoms with Crippen LogP contribution in [0.4, 0.5) is 5.69 Å². The fourth-order valence-corrected chi connectivity index (χ4v) is 1.79. The molecule has 0 aliphatic carbocycles. The standard InChI is InChI=1S/C13H12N2O2/c1-2-8-14-9-10-15(13(17)12(14)16)11-6-4-3-5-7-11/h1,3-7H,8-10H2. The molecular formula is C13H12N2O2. The molecule has 1 aliphatic rings. The molecule has 0 saturated carbocycles. The van der Waals surface area contributed by atoms with Crippen LogP contribution in [0.5, 0.6) is 0 Å². The highest BCUT2D eigenvalue weighted by Gasteiger charge is 2.32. The number of nitrogens with zero attached hydrogens (tertiary/aromatic N) is 2. The third kappa shape index (κ3) is 2.13. The smallest absolute Gasteiger partial charge is 0.316 e. The minimum atomic E-state index is -0.530. The molecule has 0 aromatic heterocycles. The van der Waals surface area contributed by atoms with Gasteiger partial charge in [0.1, 0.15) is 0 Å². The van der Waals surface area contributed by atoms with E-state index in [2.05, 4.69) is 5.92 Å². The molecule has 0 atom stereocenters. The Bertz CT molecular complexity index is 476. The van der Waals surface area contributed by atoms with Gasteiger partial charge in [-0.1, -0.05) is 24.1 Å². The van der Waals surface area contributed by atoms with Gasteiger partial charge in [0.25, 0.3) is 0 Å². The lowest BCUT2D eigenvalue weighted by Gasteiger charge is -2.32. The second-order valence-electron chi connectivity index (χ2n) is 3.72. The van der Waals surface area contributed by atoms with Crippen molar-refractivity contribution in [1.29, 1.82) is 0 Å². The molecule has 86 valence electrons. The van der Waals surface area contributed by atoms with Gasteiger partial charge in [0.15, 0.2) is 0 Å². The summed E-state index contributed by atoms with van der Waals surface area (Å²) in [5.41, 5.74) is 0.742. The van der Waals surface area contributed by atoms with Gasteiger partial charge in [-0.25, -0.2) is 0 Å². The van der Waals surface area contributed by atoms with Gasteiger partial charge in [-0.3, -0.25) is 9.59 Å². The summed E-state index contributed by atoms with van der Waals surface area (Å²) in [4.78, 5) is 26.5. The zero-order chi connectivity index (χ0) is 12.3. The first kappa shape index (κ1) is 11.2. The van der Waals surface area contributed by atoms with E-state index < -0.39 is 11.8 Å². The molecule has 0 radical (unpaired) electrons. The van der Waals surface area contributed by atoms with Crippen molar-refractivity contribution < 1.29 is 9.59 Å². The molecular weight excluding hydrogens is 216 g/mol. The molecule has 0 N–H and O–H groups in total. The number of carbonyl (C=O) groups excluding carboxylic acids is 2. The van der Waals surface area contributed by atoms with Crippen LogP contribution in [0.1, 0.15) is 0 Å². The number of carbonyl (C=O) groups is 2. The Kier molecular flexibility index (Phi) is 3.10. The molecule has 1 aromatic rings. The number of benzene rings is 1. The average molecular weight is 228 g/mol. The van der Waals surface area contributed by atoms with E-state index in [0.717, 1.165) is 5.69 Å². The molecule has 2 amide bonds. The largest absolute Gasteiger partial charge is 0.322 e. The summed E-state index contributed by atoms with van der Waals surface area (Å²) < 4.78 is 0. The van der Waals surface area contributed by atoms with E-state index in [4.69, 9.17) is 6.42 Å². The van der Waals surface area contributed by atoms with Crippen molar-refractivity contribution in [2.45, 2.75) is 0 Å². The molecule has 2 rings (SSSR count). The van der Waals surface area contributed by atoms with Crippen LogP contribution in [0.15, 0.2) is 30.3 Å². The minimum absolute atomic E-state index is 0.188. The molecule has 1 saturated heterocycles. The van der Waals surface area contributed by atoms with Crippen LogP contribution in [0.2, 0.25) is 0 Å². The van der Waals surface area contributed by atoms with Crippen molar-refractivity contribution >= 4 is 17.5 Å². The van der Waals surface area contributed by atoms with Crippen molar-refractivity contribution in [3.8, 4) is 12.3 Å². The maximum atomic E-state index is 11.9. The van der Waals surface area contributed by atoms with Crippen LogP contribution in [0.25, 0.3) is 0 Å². The normalized spacial score (nSPS) is 15.9. The Labute approximate surface area is 99.8 Å². The molecule has 0 spiro atoms. The molecule has 4 heteroatoms. The Morgan fingerprint density at radius 2 is 1.82 bits per heavy atom. The van der Waals surface area contributed by atoms with Gasteiger partial charge in [-0.05, 0) is 12.1 Å². The fourth-order valence-electron chi connectivity index (χ4n) is 1.79. The predicted octanol–water partition coefficient (Wildman–Crippen LogP) is 0.495. The lowest BCUT2D eigenvalue weighted by molar-refractivity contribution is -0.145. The number of amides is 2. The first-order valence-corrected chi connectivity index (χ1v) is 5.33. The topological polar surface area (TPSA) is 40.6 Å². The first-order valence-electron chi connectivity index (χ1n) is 5.33. The van der Waals surface area contributed by atoms with Gasteiger partial charge in [0.2, 0.25) is 0 Å². The third-order valence-electron chi connectivity index (χ3n) is 2.66. The minimum Gasteiger partial charge on any atom is -0.322 e.